The predicted octanol–water partition coefficient (Wildman–Crippen LogP) is 2.48. The first-order valence-electron chi connectivity index (χ1n) is 5.26. The first-order valence-corrected chi connectivity index (χ1v) is 5.26. The average Bonchev–Trinajstić information content (AvgIpc) is 2.16. The first kappa shape index (κ1) is 12.4. The Morgan fingerprint density at radius 2 is 1.50 bits per heavy atom. The van der Waals surface area contributed by atoms with Crippen molar-refractivity contribution in [3.8, 4) is 0 Å². The molecule has 0 spiro atoms. The minimum absolute atomic E-state index is 0.0144. The molecule has 0 radical (unpaired) electrons. The SMILES string of the molecule is CC(C)c1cc([N+](=O)[O-])cc(C(C)C)[n+]1[O-]. The van der Waals surface area contributed by atoms with Crippen LogP contribution in [-0.4, -0.2) is 4.92 Å². The van der Waals surface area contributed by atoms with Crippen LogP contribution in [0.15, 0.2) is 12.1 Å². The van der Waals surface area contributed by atoms with Gasteiger partial charge in [0.05, 0.1) is 17.1 Å². The summed E-state index contributed by atoms with van der Waals surface area (Å²) in [6.45, 7) is 7.38. The van der Waals surface area contributed by atoms with Crippen molar-refractivity contribution in [2.45, 2.75) is 39.5 Å². The van der Waals surface area contributed by atoms with Gasteiger partial charge in [0.1, 0.15) is 0 Å². The lowest BCUT2D eigenvalue weighted by Gasteiger charge is -2.13. The van der Waals surface area contributed by atoms with Crippen molar-refractivity contribution >= 4 is 5.69 Å². The highest BCUT2D eigenvalue weighted by Gasteiger charge is 2.23. The highest BCUT2D eigenvalue weighted by molar-refractivity contribution is 5.32. The molecule has 0 fully saturated rings. The number of aromatic nitrogens is 1. The topological polar surface area (TPSA) is 70.1 Å². The van der Waals surface area contributed by atoms with Gasteiger partial charge in [-0.1, -0.05) is 27.7 Å². The van der Waals surface area contributed by atoms with Gasteiger partial charge in [-0.3, -0.25) is 10.1 Å². The lowest BCUT2D eigenvalue weighted by Crippen LogP contribution is -2.38. The Morgan fingerprint density at radius 1 is 1.12 bits per heavy atom. The van der Waals surface area contributed by atoms with Crippen LogP contribution in [0.3, 0.4) is 0 Å². The van der Waals surface area contributed by atoms with Crippen LogP contribution < -0.4 is 4.73 Å². The van der Waals surface area contributed by atoms with Gasteiger partial charge in [0, 0.05) is 11.8 Å². The zero-order valence-corrected chi connectivity index (χ0v) is 9.93. The Labute approximate surface area is 94.5 Å². The summed E-state index contributed by atoms with van der Waals surface area (Å²) in [5.74, 6) is -0.0650. The molecule has 1 heterocycles. The molecular weight excluding hydrogens is 208 g/mol. The van der Waals surface area contributed by atoms with Gasteiger partial charge in [0.2, 0.25) is 11.4 Å². The van der Waals surface area contributed by atoms with Gasteiger partial charge < -0.3 is 5.21 Å². The Kier molecular flexibility index (Phi) is 3.47. The Hall–Kier alpha value is -1.65. The molecule has 0 aliphatic rings. The van der Waals surface area contributed by atoms with E-state index in [0.717, 1.165) is 4.73 Å². The van der Waals surface area contributed by atoms with Crippen LogP contribution in [0.5, 0.6) is 0 Å². The molecule has 0 atom stereocenters. The molecule has 16 heavy (non-hydrogen) atoms. The molecule has 1 rings (SSSR count). The minimum atomic E-state index is -0.461. The molecule has 0 saturated heterocycles. The molecule has 0 saturated carbocycles. The fraction of sp³-hybridized carbons (Fsp3) is 0.545. The molecule has 0 bridgehead atoms. The molecule has 5 heteroatoms. The van der Waals surface area contributed by atoms with Crippen molar-refractivity contribution in [1.82, 2.24) is 0 Å². The van der Waals surface area contributed by atoms with E-state index >= 15 is 0 Å². The fourth-order valence-corrected chi connectivity index (χ4v) is 1.52. The van der Waals surface area contributed by atoms with E-state index in [2.05, 4.69) is 0 Å². The van der Waals surface area contributed by atoms with Crippen LogP contribution in [0.1, 0.15) is 50.9 Å². The second kappa shape index (κ2) is 4.47. The van der Waals surface area contributed by atoms with E-state index in [1.165, 1.54) is 12.1 Å². The largest absolute Gasteiger partial charge is 0.618 e. The van der Waals surface area contributed by atoms with Gasteiger partial charge in [-0.2, -0.15) is 4.73 Å². The minimum Gasteiger partial charge on any atom is -0.618 e. The summed E-state index contributed by atoms with van der Waals surface area (Å²) in [6.07, 6.45) is 0. The van der Waals surface area contributed by atoms with Crippen molar-refractivity contribution in [3.05, 3.63) is 38.8 Å². The molecule has 0 unspecified atom stereocenters. The monoisotopic (exact) mass is 224 g/mol. The average molecular weight is 224 g/mol. The number of nitro groups is 1. The summed E-state index contributed by atoms with van der Waals surface area (Å²) in [5.41, 5.74) is 0.871. The zero-order valence-electron chi connectivity index (χ0n) is 9.93. The summed E-state index contributed by atoms with van der Waals surface area (Å²) in [7, 11) is 0. The standard InChI is InChI=1S/C11H16N2O3/c1-7(2)10-5-9(13(15)16)6-11(8(3)4)12(10)14/h5-8H,1-4H3. The third-order valence-corrected chi connectivity index (χ3v) is 2.45. The van der Waals surface area contributed by atoms with Gasteiger partial charge in [-0.25, -0.2) is 0 Å². The van der Waals surface area contributed by atoms with Crippen LogP contribution in [-0.2, 0) is 0 Å². The normalized spacial score (nSPS) is 11.1. The molecular formula is C11H16N2O3. The molecule has 1 aromatic heterocycles. The fourth-order valence-electron chi connectivity index (χ4n) is 1.52. The van der Waals surface area contributed by atoms with Gasteiger partial charge in [0.15, 0.2) is 0 Å². The molecule has 0 aromatic carbocycles. The summed E-state index contributed by atoms with van der Waals surface area (Å²) in [4.78, 5) is 10.3. The van der Waals surface area contributed by atoms with Crippen LogP contribution >= 0.6 is 0 Å². The second-order valence-electron chi connectivity index (χ2n) is 4.42. The van der Waals surface area contributed by atoms with E-state index in [0.29, 0.717) is 11.4 Å². The van der Waals surface area contributed by atoms with Crippen LogP contribution in [0.4, 0.5) is 5.69 Å². The number of nitrogens with zero attached hydrogens (tertiary/aromatic N) is 2. The number of pyridine rings is 1. The maximum Gasteiger partial charge on any atom is 0.282 e. The molecule has 1 aromatic rings. The van der Waals surface area contributed by atoms with E-state index in [-0.39, 0.29) is 17.5 Å². The maximum atomic E-state index is 11.9. The second-order valence-corrected chi connectivity index (χ2v) is 4.42. The van der Waals surface area contributed by atoms with E-state index < -0.39 is 4.92 Å². The van der Waals surface area contributed by atoms with Crippen molar-refractivity contribution in [2.24, 2.45) is 0 Å². The molecule has 0 amide bonds. The molecule has 5 nitrogen and oxygen atoms in total. The highest BCUT2D eigenvalue weighted by atomic mass is 16.6. The van der Waals surface area contributed by atoms with Crippen LogP contribution in [0.2, 0.25) is 0 Å². The molecule has 0 aliphatic heterocycles. The number of hydrogen-bond donors (Lipinski definition) is 0. The highest BCUT2D eigenvalue weighted by Crippen LogP contribution is 2.22. The van der Waals surface area contributed by atoms with Crippen molar-refractivity contribution < 1.29 is 9.65 Å². The quantitative estimate of drug-likeness (QED) is 0.342. The van der Waals surface area contributed by atoms with Crippen molar-refractivity contribution in [3.63, 3.8) is 0 Å². The lowest BCUT2D eigenvalue weighted by atomic mass is 10.0. The third-order valence-electron chi connectivity index (χ3n) is 2.45. The van der Waals surface area contributed by atoms with Crippen LogP contribution in [0.25, 0.3) is 0 Å². The van der Waals surface area contributed by atoms with Crippen LogP contribution in [0, 0.1) is 15.3 Å². The predicted molar refractivity (Wildman–Crippen MR) is 60.2 cm³/mol. The summed E-state index contributed by atoms with van der Waals surface area (Å²) in [6, 6.07) is 2.70. The van der Waals surface area contributed by atoms with Gasteiger partial charge in [0.25, 0.3) is 5.69 Å². The first-order chi connectivity index (χ1) is 7.34. The van der Waals surface area contributed by atoms with Gasteiger partial charge in [-0.05, 0) is 0 Å². The Bertz CT molecular complexity index is 385. The smallest absolute Gasteiger partial charge is 0.282 e. The van der Waals surface area contributed by atoms with Gasteiger partial charge in [-0.15, -0.1) is 0 Å². The summed E-state index contributed by atoms with van der Waals surface area (Å²) in [5, 5.41) is 22.7. The van der Waals surface area contributed by atoms with E-state index in [1.807, 2.05) is 27.7 Å². The van der Waals surface area contributed by atoms with Gasteiger partial charge >= 0.3 is 0 Å². The van der Waals surface area contributed by atoms with Crippen molar-refractivity contribution in [1.29, 1.82) is 0 Å². The van der Waals surface area contributed by atoms with E-state index in [1.54, 1.807) is 0 Å². The Balaban J connectivity index is 3.45. The molecule has 0 N–H and O–H groups in total. The zero-order chi connectivity index (χ0) is 12.5. The van der Waals surface area contributed by atoms with E-state index in [4.69, 9.17) is 0 Å². The number of rotatable bonds is 3. The molecule has 0 aliphatic carbocycles. The summed E-state index contributed by atoms with van der Waals surface area (Å²) < 4.78 is 0.808. The van der Waals surface area contributed by atoms with Crippen molar-refractivity contribution in [2.75, 3.05) is 0 Å². The van der Waals surface area contributed by atoms with E-state index in [9.17, 15) is 15.3 Å². The molecule has 88 valence electrons. The summed E-state index contributed by atoms with van der Waals surface area (Å²) >= 11 is 0. The third kappa shape index (κ3) is 2.29. The maximum absolute atomic E-state index is 11.9. The Morgan fingerprint density at radius 3 is 1.75 bits per heavy atom. The lowest BCUT2D eigenvalue weighted by molar-refractivity contribution is -0.625. The number of hydrogen-bond acceptors (Lipinski definition) is 3.